The molecular weight excluding hydrogens is 212 g/mol. The van der Waals surface area contributed by atoms with E-state index in [9.17, 15) is 0 Å². The Labute approximate surface area is 105 Å². The van der Waals surface area contributed by atoms with Crippen molar-refractivity contribution >= 4 is 0 Å². The minimum absolute atomic E-state index is 0.317. The Morgan fingerprint density at radius 3 is 2.71 bits per heavy atom. The zero-order chi connectivity index (χ0) is 12.0. The van der Waals surface area contributed by atoms with Gasteiger partial charge >= 0.3 is 0 Å². The second-order valence-electron chi connectivity index (χ2n) is 6.77. The minimum atomic E-state index is 0.317. The van der Waals surface area contributed by atoms with E-state index in [1.54, 1.807) is 0 Å². The first-order valence-electron chi connectivity index (χ1n) is 7.22. The average molecular weight is 238 g/mol. The summed E-state index contributed by atoms with van der Waals surface area (Å²) in [5.74, 6) is 0. The number of morpholine rings is 1. The molecule has 0 aromatic carbocycles. The predicted molar refractivity (Wildman–Crippen MR) is 68.9 cm³/mol. The second kappa shape index (κ2) is 4.22. The highest BCUT2D eigenvalue weighted by Gasteiger charge is 2.47. The van der Waals surface area contributed by atoms with Crippen molar-refractivity contribution in [2.45, 2.75) is 70.2 Å². The molecule has 4 unspecified atom stereocenters. The number of nitrogens with zero attached hydrogens (tertiary/aromatic N) is 1. The molecule has 2 saturated carbocycles. The summed E-state index contributed by atoms with van der Waals surface area (Å²) in [5, 5.41) is 0. The summed E-state index contributed by atoms with van der Waals surface area (Å²) in [7, 11) is 0. The molecular formula is C14H26N2O. The first-order chi connectivity index (χ1) is 8.09. The van der Waals surface area contributed by atoms with Gasteiger partial charge in [0.1, 0.15) is 0 Å². The quantitative estimate of drug-likeness (QED) is 0.756. The molecule has 0 amide bonds. The Morgan fingerprint density at radius 1 is 1.18 bits per heavy atom. The molecule has 3 nitrogen and oxygen atoms in total. The molecule has 0 spiro atoms. The van der Waals surface area contributed by atoms with Crippen molar-refractivity contribution in [1.82, 2.24) is 4.90 Å². The van der Waals surface area contributed by atoms with Gasteiger partial charge in [-0.05, 0) is 37.5 Å². The van der Waals surface area contributed by atoms with Crippen LogP contribution in [0.5, 0.6) is 0 Å². The maximum atomic E-state index is 6.49. The van der Waals surface area contributed by atoms with Crippen LogP contribution in [0.3, 0.4) is 0 Å². The van der Waals surface area contributed by atoms with Gasteiger partial charge in [0.25, 0.3) is 0 Å². The lowest BCUT2D eigenvalue weighted by Crippen LogP contribution is -2.58. The highest BCUT2D eigenvalue weighted by molar-refractivity contribution is 5.03. The van der Waals surface area contributed by atoms with Crippen molar-refractivity contribution in [3.05, 3.63) is 0 Å². The highest BCUT2D eigenvalue weighted by atomic mass is 16.5. The van der Waals surface area contributed by atoms with Gasteiger partial charge in [-0.3, -0.25) is 4.90 Å². The van der Waals surface area contributed by atoms with Gasteiger partial charge in [-0.1, -0.05) is 13.8 Å². The van der Waals surface area contributed by atoms with E-state index < -0.39 is 0 Å². The van der Waals surface area contributed by atoms with Gasteiger partial charge in [-0.25, -0.2) is 0 Å². The summed E-state index contributed by atoms with van der Waals surface area (Å²) in [6.07, 6.45) is 6.95. The van der Waals surface area contributed by atoms with Gasteiger partial charge in [-0.15, -0.1) is 0 Å². The summed E-state index contributed by atoms with van der Waals surface area (Å²) in [6.45, 7) is 6.65. The maximum Gasteiger partial charge on any atom is 0.0731 e. The van der Waals surface area contributed by atoms with Crippen molar-refractivity contribution < 1.29 is 4.74 Å². The molecule has 0 radical (unpaired) electrons. The minimum Gasteiger partial charge on any atom is -0.375 e. The molecule has 0 aromatic rings. The fraction of sp³-hybridized carbons (Fsp3) is 1.00. The smallest absolute Gasteiger partial charge is 0.0731 e. The van der Waals surface area contributed by atoms with Crippen LogP contribution in [-0.2, 0) is 4.74 Å². The Morgan fingerprint density at radius 2 is 2.00 bits per heavy atom. The van der Waals surface area contributed by atoms with E-state index in [4.69, 9.17) is 10.5 Å². The lowest BCUT2D eigenvalue weighted by molar-refractivity contribution is -0.0742. The number of fused-ring (bicyclic) bond motifs is 1. The first-order valence-corrected chi connectivity index (χ1v) is 7.22. The Hall–Kier alpha value is -0.120. The molecule has 4 atom stereocenters. The first kappa shape index (κ1) is 11.9. The van der Waals surface area contributed by atoms with Crippen molar-refractivity contribution in [2.24, 2.45) is 11.1 Å². The molecule has 0 aromatic heterocycles. The van der Waals surface area contributed by atoms with E-state index >= 15 is 0 Å². The van der Waals surface area contributed by atoms with Crippen LogP contribution in [-0.4, -0.2) is 42.3 Å². The largest absolute Gasteiger partial charge is 0.375 e. The molecule has 1 aliphatic heterocycles. The molecule has 98 valence electrons. The normalized spacial score (nSPS) is 46.1. The van der Waals surface area contributed by atoms with Gasteiger partial charge in [0.2, 0.25) is 0 Å². The third-order valence-corrected chi connectivity index (χ3v) is 5.35. The summed E-state index contributed by atoms with van der Waals surface area (Å²) in [5.41, 5.74) is 6.80. The lowest BCUT2D eigenvalue weighted by Gasteiger charge is -2.44. The van der Waals surface area contributed by atoms with Crippen molar-refractivity contribution in [1.29, 1.82) is 0 Å². The van der Waals surface area contributed by atoms with Gasteiger partial charge in [0, 0.05) is 24.7 Å². The van der Waals surface area contributed by atoms with Crippen LogP contribution in [0.2, 0.25) is 0 Å². The number of ether oxygens (including phenoxy) is 1. The molecule has 0 bridgehead atoms. The van der Waals surface area contributed by atoms with E-state index in [1.165, 1.54) is 32.1 Å². The summed E-state index contributed by atoms with van der Waals surface area (Å²) >= 11 is 0. The van der Waals surface area contributed by atoms with E-state index in [0.29, 0.717) is 29.6 Å². The Kier molecular flexibility index (Phi) is 2.96. The Bertz CT molecular complexity index is 292. The molecule has 2 aliphatic carbocycles. The van der Waals surface area contributed by atoms with Crippen LogP contribution in [0.25, 0.3) is 0 Å². The summed E-state index contributed by atoms with van der Waals surface area (Å²) in [4.78, 5) is 2.70. The van der Waals surface area contributed by atoms with E-state index in [0.717, 1.165) is 13.2 Å². The topological polar surface area (TPSA) is 38.5 Å². The molecule has 17 heavy (non-hydrogen) atoms. The SMILES string of the molecule is CC1(C)CCC(N2CCOC3CCCC32)C1N. The van der Waals surface area contributed by atoms with Crippen LogP contribution >= 0.6 is 0 Å². The maximum absolute atomic E-state index is 6.49. The zero-order valence-corrected chi connectivity index (χ0v) is 11.2. The number of hydrogen-bond acceptors (Lipinski definition) is 3. The van der Waals surface area contributed by atoms with E-state index in [-0.39, 0.29) is 0 Å². The molecule has 3 aliphatic rings. The van der Waals surface area contributed by atoms with E-state index in [1.807, 2.05) is 0 Å². The van der Waals surface area contributed by atoms with Crippen LogP contribution in [0.4, 0.5) is 0 Å². The van der Waals surface area contributed by atoms with Gasteiger partial charge < -0.3 is 10.5 Å². The third kappa shape index (κ3) is 1.92. The van der Waals surface area contributed by atoms with Gasteiger partial charge in [0.15, 0.2) is 0 Å². The highest BCUT2D eigenvalue weighted by Crippen LogP contribution is 2.41. The van der Waals surface area contributed by atoms with E-state index in [2.05, 4.69) is 18.7 Å². The average Bonchev–Trinajstić information content (AvgIpc) is 2.85. The fourth-order valence-corrected chi connectivity index (χ4v) is 4.13. The van der Waals surface area contributed by atoms with Crippen LogP contribution < -0.4 is 5.73 Å². The molecule has 3 heteroatoms. The molecule has 1 heterocycles. The van der Waals surface area contributed by atoms with Crippen molar-refractivity contribution in [2.75, 3.05) is 13.2 Å². The fourth-order valence-electron chi connectivity index (χ4n) is 4.13. The molecule has 3 fully saturated rings. The molecule has 1 saturated heterocycles. The van der Waals surface area contributed by atoms with Gasteiger partial charge in [-0.2, -0.15) is 0 Å². The standard InChI is InChI=1S/C14H26N2O/c1-14(2)7-6-11(13(14)15)16-8-9-17-12-5-3-4-10(12)16/h10-13H,3-9,15H2,1-2H3. The van der Waals surface area contributed by atoms with Crippen molar-refractivity contribution in [3.8, 4) is 0 Å². The molecule has 2 N–H and O–H groups in total. The third-order valence-electron chi connectivity index (χ3n) is 5.35. The Balaban J connectivity index is 1.75. The predicted octanol–water partition coefficient (Wildman–Crippen LogP) is 1.76. The second-order valence-corrected chi connectivity index (χ2v) is 6.77. The summed E-state index contributed by atoms with van der Waals surface area (Å²) in [6, 6.07) is 1.59. The van der Waals surface area contributed by atoms with Crippen LogP contribution in [0, 0.1) is 5.41 Å². The van der Waals surface area contributed by atoms with Gasteiger partial charge in [0.05, 0.1) is 12.7 Å². The zero-order valence-electron chi connectivity index (χ0n) is 11.2. The number of hydrogen-bond donors (Lipinski definition) is 1. The lowest BCUT2D eigenvalue weighted by atomic mass is 9.86. The van der Waals surface area contributed by atoms with Crippen LogP contribution in [0.15, 0.2) is 0 Å². The monoisotopic (exact) mass is 238 g/mol. The number of rotatable bonds is 1. The number of nitrogens with two attached hydrogens (primary N) is 1. The summed E-state index contributed by atoms with van der Waals surface area (Å²) < 4.78 is 5.90. The molecule has 3 rings (SSSR count). The van der Waals surface area contributed by atoms with Crippen molar-refractivity contribution in [3.63, 3.8) is 0 Å². The van der Waals surface area contributed by atoms with Crippen LogP contribution in [0.1, 0.15) is 46.0 Å².